The first-order valence-corrected chi connectivity index (χ1v) is 5.35. The molecule has 0 fully saturated rings. The normalized spacial score (nSPS) is 10.4. The lowest BCUT2D eigenvalue weighted by Crippen LogP contribution is -2.34. The second-order valence-electron chi connectivity index (χ2n) is 3.80. The number of rotatable bonds is 3. The molecule has 2 aromatic heterocycles. The van der Waals surface area contributed by atoms with Crippen LogP contribution in [0.5, 0.6) is 0 Å². The van der Waals surface area contributed by atoms with Crippen LogP contribution in [-0.4, -0.2) is 11.7 Å². The van der Waals surface area contributed by atoms with E-state index < -0.39 is 0 Å². The van der Waals surface area contributed by atoms with E-state index in [9.17, 15) is 0 Å². The Labute approximate surface area is 95.2 Å². The number of pyridine rings is 2. The van der Waals surface area contributed by atoms with Crippen molar-refractivity contribution in [1.29, 1.82) is 0 Å². The molecule has 2 rings (SSSR count). The van der Waals surface area contributed by atoms with Crippen molar-refractivity contribution in [2.45, 2.75) is 6.54 Å². The smallest absolute Gasteiger partial charge is 0.171 e. The van der Waals surface area contributed by atoms with Crippen LogP contribution in [0.4, 0.5) is 0 Å². The monoisotopic (exact) mass is 216 g/mol. The van der Waals surface area contributed by atoms with E-state index in [1.807, 2.05) is 41.0 Å². The van der Waals surface area contributed by atoms with Crippen LogP contribution in [-0.2, 0) is 13.6 Å². The largest absolute Gasteiger partial charge is 0.390 e. The summed E-state index contributed by atoms with van der Waals surface area (Å²) in [6.07, 6.45) is 8.03. The van der Waals surface area contributed by atoms with Gasteiger partial charge in [0.25, 0.3) is 0 Å². The van der Waals surface area contributed by atoms with Crippen molar-refractivity contribution >= 4 is 0 Å². The topological polar surface area (TPSA) is 28.0 Å². The molecule has 82 valence electrons. The van der Waals surface area contributed by atoms with Crippen LogP contribution in [0.1, 0.15) is 0 Å². The van der Waals surface area contributed by atoms with Gasteiger partial charge in [-0.2, -0.15) is 0 Å². The molecular formula is C13H16N2O+2. The van der Waals surface area contributed by atoms with E-state index in [2.05, 4.69) is 24.3 Å². The average molecular weight is 216 g/mol. The summed E-state index contributed by atoms with van der Waals surface area (Å²) < 4.78 is 3.98. The lowest BCUT2D eigenvalue weighted by molar-refractivity contribution is -0.698. The van der Waals surface area contributed by atoms with Crippen LogP contribution in [0.15, 0.2) is 49.1 Å². The summed E-state index contributed by atoms with van der Waals surface area (Å²) in [4.78, 5) is 0. The van der Waals surface area contributed by atoms with Gasteiger partial charge in [0.1, 0.15) is 13.7 Å². The predicted octanol–water partition coefficient (Wildman–Crippen LogP) is 0.458. The fourth-order valence-corrected chi connectivity index (χ4v) is 1.61. The third kappa shape index (κ3) is 2.44. The number of aliphatic hydroxyl groups excluding tert-OH is 1. The molecule has 0 atom stereocenters. The number of hydrogen-bond donors (Lipinski definition) is 1. The second kappa shape index (κ2) is 4.86. The molecule has 3 nitrogen and oxygen atoms in total. The van der Waals surface area contributed by atoms with Crippen molar-refractivity contribution < 1.29 is 14.2 Å². The van der Waals surface area contributed by atoms with E-state index in [4.69, 9.17) is 5.11 Å². The summed E-state index contributed by atoms with van der Waals surface area (Å²) in [5, 5.41) is 8.81. The molecule has 0 bridgehead atoms. The molecular weight excluding hydrogens is 200 g/mol. The molecule has 1 N–H and O–H groups in total. The average Bonchev–Trinajstić information content (AvgIpc) is 2.32. The second-order valence-corrected chi connectivity index (χ2v) is 3.80. The molecule has 0 radical (unpaired) electrons. The molecule has 0 aliphatic carbocycles. The number of nitrogens with zero attached hydrogens (tertiary/aromatic N) is 2. The highest BCUT2D eigenvalue weighted by Gasteiger charge is 2.03. The number of hydrogen-bond acceptors (Lipinski definition) is 1. The minimum absolute atomic E-state index is 0.172. The fourth-order valence-electron chi connectivity index (χ4n) is 1.61. The van der Waals surface area contributed by atoms with E-state index in [-0.39, 0.29) is 6.61 Å². The van der Waals surface area contributed by atoms with Gasteiger partial charge in [0.05, 0.1) is 0 Å². The Kier molecular flexibility index (Phi) is 3.27. The van der Waals surface area contributed by atoms with Crippen molar-refractivity contribution in [1.82, 2.24) is 0 Å². The van der Waals surface area contributed by atoms with Crippen LogP contribution in [0.25, 0.3) is 11.1 Å². The summed E-state index contributed by atoms with van der Waals surface area (Å²) in [7, 11) is 2.00. The van der Waals surface area contributed by atoms with E-state index in [1.165, 1.54) is 11.1 Å². The van der Waals surface area contributed by atoms with Crippen LogP contribution < -0.4 is 9.13 Å². The van der Waals surface area contributed by atoms with Gasteiger partial charge in [-0.25, -0.2) is 9.13 Å². The number of aromatic nitrogens is 2. The van der Waals surface area contributed by atoms with Crippen LogP contribution in [0.3, 0.4) is 0 Å². The standard InChI is InChI=1S/C13H16N2O/c1-14-6-2-12(3-7-14)13-4-8-15(9-5-13)10-11-16/h2-9,16H,10-11H2,1H3/q+2. The van der Waals surface area contributed by atoms with Gasteiger partial charge < -0.3 is 5.11 Å². The minimum atomic E-state index is 0.172. The van der Waals surface area contributed by atoms with Crippen molar-refractivity contribution in [2.75, 3.05) is 6.61 Å². The van der Waals surface area contributed by atoms with Crippen LogP contribution in [0.2, 0.25) is 0 Å². The van der Waals surface area contributed by atoms with Crippen LogP contribution >= 0.6 is 0 Å². The minimum Gasteiger partial charge on any atom is -0.390 e. The quantitative estimate of drug-likeness (QED) is 0.742. The summed E-state index contributed by atoms with van der Waals surface area (Å²) in [5.41, 5.74) is 2.39. The van der Waals surface area contributed by atoms with Gasteiger partial charge >= 0.3 is 0 Å². The third-order valence-corrected chi connectivity index (χ3v) is 2.56. The molecule has 0 saturated heterocycles. The molecule has 0 unspecified atom stereocenters. The van der Waals surface area contributed by atoms with Gasteiger partial charge in [-0.15, -0.1) is 0 Å². The van der Waals surface area contributed by atoms with Gasteiger partial charge in [-0.1, -0.05) is 0 Å². The number of aryl methyl sites for hydroxylation is 1. The molecule has 0 aromatic carbocycles. The summed E-state index contributed by atoms with van der Waals surface area (Å²) >= 11 is 0. The molecule has 0 spiro atoms. The molecule has 16 heavy (non-hydrogen) atoms. The molecule has 2 aromatic rings. The zero-order valence-corrected chi connectivity index (χ0v) is 9.37. The van der Waals surface area contributed by atoms with Crippen molar-refractivity contribution in [3.8, 4) is 11.1 Å². The Balaban J connectivity index is 2.24. The van der Waals surface area contributed by atoms with Gasteiger partial charge in [0, 0.05) is 24.3 Å². The summed E-state index contributed by atoms with van der Waals surface area (Å²) in [6, 6.07) is 8.30. The summed E-state index contributed by atoms with van der Waals surface area (Å²) in [5.74, 6) is 0. The first-order valence-electron chi connectivity index (χ1n) is 5.35. The molecule has 0 aliphatic heterocycles. The Bertz CT molecular complexity index is 448. The van der Waals surface area contributed by atoms with Gasteiger partial charge in [-0.05, 0) is 11.1 Å². The maximum Gasteiger partial charge on any atom is 0.171 e. The Hall–Kier alpha value is -1.74. The lowest BCUT2D eigenvalue weighted by atomic mass is 10.1. The predicted molar refractivity (Wildman–Crippen MR) is 60.3 cm³/mol. The molecule has 3 heteroatoms. The fraction of sp³-hybridized carbons (Fsp3) is 0.231. The van der Waals surface area contributed by atoms with E-state index >= 15 is 0 Å². The zero-order chi connectivity index (χ0) is 11.4. The van der Waals surface area contributed by atoms with Crippen molar-refractivity contribution in [2.24, 2.45) is 7.05 Å². The molecule has 0 amide bonds. The number of aliphatic hydroxyl groups is 1. The van der Waals surface area contributed by atoms with E-state index in [0.717, 1.165) is 0 Å². The van der Waals surface area contributed by atoms with E-state index in [1.54, 1.807) is 0 Å². The SMILES string of the molecule is C[n+]1ccc(-c2cc[n+](CCO)cc2)cc1. The van der Waals surface area contributed by atoms with E-state index in [0.29, 0.717) is 6.54 Å². The van der Waals surface area contributed by atoms with Gasteiger partial charge in [0.15, 0.2) is 31.3 Å². The molecule has 0 saturated carbocycles. The highest BCUT2D eigenvalue weighted by atomic mass is 16.3. The zero-order valence-electron chi connectivity index (χ0n) is 9.37. The van der Waals surface area contributed by atoms with Crippen molar-refractivity contribution in [3.05, 3.63) is 49.1 Å². The highest BCUT2D eigenvalue weighted by molar-refractivity contribution is 5.60. The van der Waals surface area contributed by atoms with Crippen LogP contribution in [0, 0.1) is 0 Å². The van der Waals surface area contributed by atoms with Gasteiger partial charge in [-0.3, -0.25) is 0 Å². The maximum atomic E-state index is 8.81. The lowest BCUT2D eigenvalue weighted by Gasteiger charge is -1.99. The highest BCUT2D eigenvalue weighted by Crippen LogP contribution is 2.15. The van der Waals surface area contributed by atoms with Crippen molar-refractivity contribution in [3.63, 3.8) is 0 Å². The Morgan fingerprint density at radius 1 is 0.938 bits per heavy atom. The molecule has 2 heterocycles. The molecule has 0 aliphatic rings. The first-order chi connectivity index (χ1) is 7.79. The third-order valence-electron chi connectivity index (χ3n) is 2.56. The van der Waals surface area contributed by atoms with Gasteiger partial charge in [0.2, 0.25) is 0 Å². The maximum absolute atomic E-state index is 8.81. The first kappa shape index (κ1) is 10.8. The Morgan fingerprint density at radius 2 is 1.44 bits per heavy atom. The Morgan fingerprint density at radius 3 is 1.94 bits per heavy atom. The summed E-state index contributed by atoms with van der Waals surface area (Å²) in [6.45, 7) is 0.815.